The lowest BCUT2D eigenvalue weighted by Crippen LogP contribution is -2.50. The van der Waals surface area contributed by atoms with Crippen LogP contribution in [-0.2, 0) is 22.6 Å². The lowest BCUT2D eigenvalue weighted by molar-refractivity contribution is -0.141. The van der Waals surface area contributed by atoms with Crippen LogP contribution in [0.3, 0.4) is 0 Å². The Kier molecular flexibility index (Phi) is 9.85. The predicted octanol–water partition coefficient (Wildman–Crippen LogP) is 6.92. The maximum Gasteiger partial charge on any atom is 0.242 e. The standard InChI is InChI=1S/C28H36Cl2N2O2/c1-19(2)23-13-9-21(10-14-23)12-16-27(33)32(18-22-11-15-25(29)26(30)17-22)20(3)28(34)31-24-7-5-4-6-8-24/h9-11,13-15,17,19-20,24H,4-8,12,16,18H2,1-3H3,(H,31,34)/t20-/m1/s1. The fraction of sp³-hybridized carbons (Fsp3) is 0.500. The summed E-state index contributed by atoms with van der Waals surface area (Å²) >= 11 is 12.3. The number of nitrogens with zero attached hydrogens (tertiary/aromatic N) is 1. The van der Waals surface area contributed by atoms with Gasteiger partial charge in [0.2, 0.25) is 11.8 Å². The van der Waals surface area contributed by atoms with Gasteiger partial charge in [0, 0.05) is 19.0 Å². The van der Waals surface area contributed by atoms with Crippen molar-refractivity contribution in [3.05, 3.63) is 69.2 Å². The highest BCUT2D eigenvalue weighted by Gasteiger charge is 2.28. The molecule has 184 valence electrons. The van der Waals surface area contributed by atoms with E-state index in [-0.39, 0.29) is 17.9 Å². The highest BCUT2D eigenvalue weighted by molar-refractivity contribution is 6.42. The maximum atomic E-state index is 13.4. The Hall–Kier alpha value is -2.04. The van der Waals surface area contributed by atoms with Crippen LogP contribution in [0.2, 0.25) is 10.0 Å². The lowest BCUT2D eigenvalue weighted by Gasteiger charge is -2.31. The van der Waals surface area contributed by atoms with E-state index >= 15 is 0 Å². The quantitative estimate of drug-likeness (QED) is 0.404. The molecular weight excluding hydrogens is 467 g/mol. The van der Waals surface area contributed by atoms with Crippen LogP contribution < -0.4 is 5.32 Å². The third-order valence-electron chi connectivity index (χ3n) is 6.73. The number of carbonyl (C=O) groups is 2. The van der Waals surface area contributed by atoms with Crippen LogP contribution in [0.1, 0.15) is 81.9 Å². The van der Waals surface area contributed by atoms with Gasteiger partial charge < -0.3 is 10.2 Å². The Bertz CT molecular complexity index is 969. The zero-order valence-electron chi connectivity index (χ0n) is 20.4. The zero-order chi connectivity index (χ0) is 24.7. The van der Waals surface area contributed by atoms with Gasteiger partial charge in [-0.1, -0.05) is 86.6 Å². The topological polar surface area (TPSA) is 49.4 Å². The third kappa shape index (κ3) is 7.48. The first-order chi connectivity index (χ1) is 16.2. The lowest BCUT2D eigenvalue weighted by atomic mass is 9.95. The van der Waals surface area contributed by atoms with Crippen LogP contribution in [0.25, 0.3) is 0 Å². The van der Waals surface area contributed by atoms with E-state index in [2.05, 4.69) is 43.4 Å². The number of hydrogen-bond donors (Lipinski definition) is 1. The molecule has 2 amide bonds. The van der Waals surface area contributed by atoms with Gasteiger partial charge in [-0.3, -0.25) is 9.59 Å². The number of aryl methyl sites for hydroxylation is 1. The van der Waals surface area contributed by atoms with Crippen molar-refractivity contribution >= 4 is 35.0 Å². The van der Waals surface area contributed by atoms with Crippen LogP contribution in [-0.4, -0.2) is 28.8 Å². The van der Waals surface area contributed by atoms with Crippen molar-refractivity contribution in [2.45, 2.75) is 90.3 Å². The molecule has 0 saturated heterocycles. The van der Waals surface area contributed by atoms with E-state index < -0.39 is 6.04 Å². The van der Waals surface area contributed by atoms with Gasteiger partial charge in [0.1, 0.15) is 6.04 Å². The fourth-order valence-corrected chi connectivity index (χ4v) is 4.77. The van der Waals surface area contributed by atoms with Crippen molar-refractivity contribution in [1.29, 1.82) is 0 Å². The normalized spacial score (nSPS) is 15.2. The molecule has 4 nitrogen and oxygen atoms in total. The Morgan fingerprint density at radius 3 is 2.21 bits per heavy atom. The van der Waals surface area contributed by atoms with Gasteiger partial charge in [-0.15, -0.1) is 0 Å². The molecule has 6 heteroatoms. The molecule has 3 rings (SSSR count). The summed E-state index contributed by atoms with van der Waals surface area (Å²) in [7, 11) is 0. The highest BCUT2D eigenvalue weighted by Crippen LogP contribution is 2.24. The van der Waals surface area contributed by atoms with Crippen LogP contribution in [0, 0.1) is 0 Å². The largest absolute Gasteiger partial charge is 0.352 e. The molecule has 0 aliphatic heterocycles. The molecule has 1 fully saturated rings. The summed E-state index contributed by atoms with van der Waals surface area (Å²) in [6.07, 6.45) is 6.48. The number of amides is 2. The Labute approximate surface area is 214 Å². The smallest absolute Gasteiger partial charge is 0.242 e. The van der Waals surface area contributed by atoms with Crippen LogP contribution in [0.4, 0.5) is 0 Å². The Balaban J connectivity index is 1.71. The molecule has 0 unspecified atom stereocenters. The minimum atomic E-state index is -0.577. The van der Waals surface area contributed by atoms with Crippen LogP contribution >= 0.6 is 23.2 Å². The minimum Gasteiger partial charge on any atom is -0.352 e. The second-order valence-electron chi connectivity index (χ2n) is 9.69. The Morgan fingerprint density at radius 1 is 0.941 bits per heavy atom. The van der Waals surface area contributed by atoms with Gasteiger partial charge in [-0.2, -0.15) is 0 Å². The van der Waals surface area contributed by atoms with E-state index in [4.69, 9.17) is 23.2 Å². The summed E-state index contributed by atoms with van der Waals surface area (Å²) in [6, 6.07) is 13.4. The molecule has 1 N–H and O–H groups in total. The van der Waals surface area contributed by atoms with Crippen LogP contribution in [0.15, 0.2) is 42.5 Å². The first-order valence-electron chi connectivity index (χ1n) is 12.4. The second kappa shape index (κ2) is 12.6. The number of halogens is 2. The molecule has 1 atom stereocenters. The van der Waals surface area contributed by atoms with Gasteiger partial charge in [0.05, 0.1) is 10.0 Å². The SMILES string of the molecule is CC(C)c1ccc(CCC(=O)N(Cc2ccc(Cl)c(Cl)c2)[C@H](C)C(=O)NC2CCCCC2)cc1. The monoisotopic (exact) mass is 502 g/mol. The molecule has 34 heavy (non-hydrogen) atoms. The van der Waals surface area contributed by atoms with Crippen molar-refractivity contribution in [1.82, 2.24) is 10.2 Å². The molecule has 0 bridgehead atoms. The summed E-state index contributed by atoms with van der Waals surface area (Å²) in [6.45, 7) is 6.45. The molecule has 2 aromatic rings. The zero-order valence-corrected chi connectivity index (χ0v) is 22.0. The first kappa shape index (κ1) is 26.6. The average Bonchev–Trinajstić information content (AvgIpc) is 2.83. The number of rotatable bonds is 9. The minimum absolute atomic E-state index is 0.0506. The number of benzene rings is 2. The molecule has 0 spiro atoms. The van der Waals surface area contributed by atoms with E-state index in [9.17, 15) is 9.59 Å². The van der Waals surface area contributed by atoms with E-state index in [0.717, 1.165) is 36.8 Å². The van der Waals surface area contributed by atoms with E-state index in [0.29, 0.717) is 35.3 Å². The van der Waals surface area contributed by atoms with E-state index in [1.165, 1.54) is 12.0 Å². The van der Waals surface area contributed by atoms with Crippen molar-refractivity contribution in [2.75, 3.05) is 0 Å². The highest BCUT2D eigenvalue weighted by atomic mass is 35.5. The van der Waals surface area contributed by atoms with Gasteiger partial charge in [0.15, 0.2) is 0 Å². The number of nitrogens with one attached hydrogen (secondary N) is 1. The molecular formula is C28H36Cl2N2O2. The van der Waals surface area contributed by atoms with Crippen molar-refractivity contribution < 1.29 is 9.59 Å². The van der Waals surface area contributed by atoms with Gasteiger partial charge >= 0.3 is 0 Å². The predicted molar refractivity (Wildman–Crippen MR) is 140 cm³/mol. The first-order valence-corrected chi connectivity index (χ1v) is 13.1. The molecule has 0 radical (unpaired) electrons. The Morgan fingerprint density at radius 2 is 1.59 bits per heavy atom. The summed E-state index contributed by atoms with van der Waals surface area (Å²) in [5.74, 6) is 0.327. The number of carbonyl (C=O) groups excluding carboxylic acids is 2. The maximum absolute atomic E-state index is 13.4. The molecule has 0 heterocycles. The molecule has 1 aliphatic carbocycles. The van der Waals surface area contributed by atoms with Gasteiger partial charge in [-0.05, 0) is 60.9 Å². The third-order valence-corrected chi connectivity index (χ3v) is 7.47. The molecule has 1 saturated carbocycles. The van der Waals surface area contributed by atoms with E-state index in [1.807, 2.05) is 13.0 Å². The fourth-order valence-electron chi connectivity index (χ4n) is 4.45. The van der Waals surface area contributed by atoms with Gasteiger partial charge in [-0.25, -0.2) is 0 Å². The summed E-state index contributed by atoms with van der Waals surface area (Å²) in [4.78, 5) is 28.1. The van der Waals surface area contributed by atoms with E-state index in [1.54, 1.807) is 17.0 Å². The number of hydrogen-bond acceptors (Lipinski definition) is 2. The van der Waals surface area contributed by atoms with Crippen molar-refractivity contribution in [2.24, 2.45) is 0 Å². The second-order valence-corrected chi connectivity index (χ2v) is 10.5. The average molecular weight is 504 g/mol. The summed E-state index contributed by atoms with van der Waals surface area (Å²) in [5, 5.41) is 4.08. The molecule has 2 aromatic carbocycles. The summed E-state index contributed by atoms with van der Waals surface area (Å²) < 4.78 is 0. The van der Waals surface area contributed by atoms with Crippen LogP contribution in [0.5, 0.6) is 0 Å². The van der Waals surface area contributed by atoms with Crippen molar-refractivity contribution in [3.63, 3.8) is 0 Å². The molecule has 1 aliphatic rings. The summed E-state index contributed by atoms with van der Waals surface area (Å²) in [5.41, 5.74) is 3.25. The molecule has 0 aromatic heterocycles. The van der Waals surface area contributed by atoms with Gasteiger partial charge in [0.25, 0.3) is 0 Å². The van der Waals surface area contributed by atoms with Crippen molar-refractivity contribution in [3.8, 4) is 0 Å².